The molecule has 1 N–H and O–H groups in total. The average molecular weight is 261 g/mol. The Bertz CT molecular complexity index is 212. The fraction of sp³-hybridized carbons (Fsp3) is 0.923. The van der Waals surface area contributed by atoms with Crippen LogP contribution < -0.4 is 5.32 Å². The number of hydrogen-bond donors (Lipinski definition) is 1. The van der Waals surface area contributed by atoms with E-state index in [1.165, 1.54) is 25.0 Å². The maximum Gasteiger partial charge on any atom is 0.326 e. The van der Waals surface area contributed by atoms with Crippen molar-refractivity contribution in [2.75, 3.05) is 25.2 Å². The van der Waals surface area contributed by atoms with Gasteiger partial charge in [0.2, 0.25) is 0 Å². The second kappa shape index (κ2) is 9.77. The summed E-state index contributed by atoms with van der Waals surface area (Å²) in [5.74, 6) is 2.05. The highest BCUT2D eigenvalue weighted by Crippen LogP contribution is 2.17. The Morgan fingerprint density at radius 2 is 2.00 bits per heavy atom. The number of unbranched alkanes of at least 4 members (excludes halogenated alkanes) is 2. The Kier molecular flexibility index (Phi) is 9.65. The number of ether oxygens (including phenoxy) is 1. The highest BCUT2D eigenvalue weighted by Gasteiger charge is 2.32. The summed E-state index contributed by atoms with van der Waals surface area (Å²) in [6, 6.07) is 0. The maximum atomic E-state index is 11.8. The van der Waals surface area contributed by atoms with Gasteiger partial charge >= 0.3 is 5.97 Å². The molecule has 0 spiro atoms. The third-order valence-electron chi connectivity index (χ3n) is 2.92. The zero-order valence-electron chi connectivity index (χ0n) is 11.7. The summed E-state index contributed by atoms with van der Waals surface area (Å²) in [6.45, 7) is 6.41. The Morgan fingerprint density at radius 1 is 1.29 bits per heavy atom. The van der Waals surface area contributed by atoms with Crippen LogP contribution in [-0.2, 0) is 9.53 Å². The van der Waals surface area contributed by atoms with Crippen molar-refractivity contribution in [3.8, 4) is 0 Å². The molecule has 0 radical (unpaired) electrons. The molecule has 0 aliphatic heterocycles. The van der Waals surface area contributed by atoms with E-state index < -0.39 is 5.54 Å². The molecule has 0 aromatic rings. The van der Waals surface area contributed by atoms with Gasteiger partial charge in [-0.05, 0) is 45.2 Å². The number of nitrogens with one attached hydrogen (secondary N) is 1. The van der Waals surface area contributed by atoms with Gasteiger partial charge in [-0.1, -0.05) is 19.8 Å². The van der Waals surface area contributed by atoms with E-state index >= 15 is 0 Å². The predicted octanol–water partition coefficient (Wildman–Crippen LogP) is 2.84. The molecule has 0 rings (SSSR count). The summed E-state index contributed by atoms with van der Waals surface area (Å²) >= 11 is 1.92. The van der Waals surface area contributed by atoms with Gasteiger partial charge in [0, 0.05) is 0 Å². The fourth-order valence-corrected chi connectivity index (χ4v) is 2.62. The SMILES string of the molecule is CCCCCSCCC(C)(NC)C(=O)OCC. The number of rotatable bonds is 10. The van der Waals surface area contributed by atoms with E-state index in [1.54, 1.807) is 0 Å². The number of thioether (sulfide) groups is 1. The van der Waals surface area contributed by atoms with Gasteiger partial charge in [-0.2, -0.15) is 11.8 Å². The van der Waals surface area contributed by atoms with Gasteiger partial charge in [0.05, 0.1) is 6.61 Å². The first-order chi connectivity index (χ1) is 8.10. The minimum atomic E-state index is -0.534. The van der Waals surface area contributed by atoms with E-state index in [-0.39, 0.29) is 5.97 Å². The number of esters is 1. The summed E-state index contributed by atoms with van der Waals surface area (Å²) in [5, 5.41) is 3.08. The molecule has 1 unspecified atom stereocenters. The van der Waals surface area contributed by atoms with Gasteiger partial charge in [0.25, 0.3) is 0 Å². The fourth-order valence-electron chi connectivity index (χ4n) is 1.45. The monoisotopic (exact) mass is 261 g/mol. The average Bonchev–Trinajstić information content (AvgIpc) is 2.33. The van der Waals surface area contributed by atoms with E-state index in [4.69, 9.17) is 4.74 Å². The van der Waals surface area contributed by atoms with Crippen LogP contribution in [0.15, 0.2) is 0 Å². The van der Waals surface area contributed by atoms with E-state index in [2.05, 4.69) is 12.2 Å². The first-order valence-corrected chi connectivity index (χ1v) is 7.70. The Labute approximate surface area is 110 Å². The lowest BCUT2D eigenvalue weighted by Crippen LogP contribution is -2.49. The molecule has 0 heterocycles. The third kappa shape index (κ3) is 6.94. The highest BCUT2D eigenvalue weighted by molar-refractivity contribution is 7.99. The zero-order chi connectivity index (χ0) is 13.1. The van der Waals surface area contributed by atoms with E-state index in [1.807, 2.05) is 32.7 Å². The summed E-state index contributed by atoms with van der Waals surface area (Å²) in [5.41, 5.74) is -0.534. The van der Waals surface area contributed by atoms with Crippen LogP contribution >= 0.6 is 11.8 Å². The summed E-state index contributed by atoms with van der Waals surface area (Å²) < 4.78 is 5.08. The smallest absolute Gasteiger partial charge is 0.326 e. The molecule has 0 saturated carbocycles. The quantitative estimate of drug-likeness (QED) is 0.485. The molecule has 17 heavy (non-hydrogen) atoms. The third-order valence-corrected chi connectivity index (χ3v) is 3.99. The standard InChI is InChI=1S/C13H27NO2S/c1-5-7-8-10-17-11-9-13(3,14-4)12(15)16-6-2/h14H,5-11H2,1-4H3. The molecule has 0 aromatic carbocycles. The summed E-state index contributed by atoms with van der Waals surface area (Å²) in [6.07, 6.45) is 4.65. The molecular weight excluding hydrogens is 234 g/mol. The van der Waals surface area contributed by atoms with Crippen LogP contribution in [0, 0.1) is 0 Å². The first-order valence-electron chi connectivity index (χ1n) is 6.54. The van der Waals surface area contributed by atoms with Gasteiger partial charge in [-0.15, -0.1) is 0 Å². The number of likely N-dealkylation sites (N-methyl/N-ethyl adjacent to an activating group) is 1. The van der Waals surface area contributed by atoms with Crippen molar-refractivity contribution in [2.45, 2.75) is 52.0 Å². The van der Waals surface area contributed by atoms with E-state index in [9.17, 15) is 4.79 Å². The Hall–Kier alpha value is -0.220. The van der Waals surface area contributed by atoms with Crippen molar-refractivity contribution >= 4 is 17.7 Å². The molecule has 3 nitrogen and oxygen atoms in total. The van der Waals surface area contributed by atoms with Crippen LogP contribution in [0.2, 0.25) is 0 Å². The molecule has 4 heteroatoms. The molecular formula is C13H27NO2S. The minimum Gasteiger partial charge on any atom is -0.465 e. The Morgan fingerprint density at radius 3 is 2.53 bits per heavy atom. The summed E-state index contributed by atoms with van der Waals surface area (Å²) in [4.78, 5) is 11.8. The molecule has 0 aromatic heterocycles. The van der Waals surface area contributed by atoms with Crippen LogP contribution in [0.1, 0.15) is 46.5 Å². The van der Waals surface area contributed by atoms with Gasteiger partial charge in [0.15, 0.2) is 0 Å². The lowest BCUT2D eigenvalue weighted by molar-refractivity contribution is -0.150. The van der Waals surface area contributed by atoms with Crippen molar-refractivity contribution < 1.29 is 9.53 Å². The topological polar surface area (TPSA) is 38.3 Å². The van der Waals surface area contributed by atoms with Crippen LogP contribution in [0.25, 0.3) is 0 Å². The van der Waals surface area contributed by atoms with Crippen molar-refractivity contribution in [1.82, 2.24) is 5.32 Å². The predicted molar refractivity (Wildman–Crippen MR) is 75.6 cm³/mol. The molecule has 0 amide bonds. The van der Waals surface area contributed by atoms with E-state index in [0.29, 0.717) is 6.61 Å². The van der Waals surface area contributed by atoms with Crippen LogP contribution in [-0.4, -0.2) is 36.7 Å². The van der Waals surface area contributed by atoms with Crippen molar-refractivity contribution in [2.24, 2.45) is 0 Å². The molecule has 0 fully saturated rings. The number of carbonyl (C=O) groups is 1. The largest absolute Gasteiger partial charge is 0.465 e. The normalized spacial score (nSPS) is 14.4. The Balaban J connectivity index is 3.83. The van der Waals surface area contributed by atoms with Crippen molar-refractivity contribution in [3.63, 3.8) is 0 Å². The molecule has 102 valence electrons. The zero-order valence-corrected chi connectivity index (χ0v) is 12.5. The molecule has 0 bridgehead atoms. The second-order valence-electron chi connectivity index (χ2n) is 4.37. The van der Waals surface area contributed by atoms with E-state index in [0.717, 1.165) is 12.2 Å². The second-order valence-corrected chi connectivity index (χ2v) is 5.60. The van der Waals surface area contributed by atoms with Crippen molar-refractivity contribution in [1.29, 1.82) is 0 Å². The van der Waals surface area contributed by atoms with Gasteiger partial charge in [0.1, 0.15) is 5.54 Å². The number of hydrogen-bond acceptors (Lipinski definition) is 4. The van der Waals surface area contributed by atoms with Gasteiger partial charge < -0.3 is 10.1 Å². The van der Waals surface area contributed by atoms with Gasteiger partial charge in [-0.25, -0.2) is 0 Å². The van der Waals surface area contributed by atoms with Gasteiger partial charge in [-0.3, -0.25) is 4.79 Å². The van der Waals surface area contributed by atoms with Crippen molar-refractivity contribution in [3.05, 3.63) is 0 Å². The molecule has 0 saturated heterocycles. The van der Waals surface area contributed by atoms with Crippen LogP contribution in [0.4, 0.5) is 0 Å². The summed E-state index contributed by atoms with van der Waals surface area (Å²) in [7, 11) is 1.82. The lowest BCUT2D eigenvalue weighted by atomic mass is 10.00. The molecule has 0 aliphatic rings. The highest BCUT2D eigenvalue weighted by atomic mass is 32.2. The number of carbonyl (C=O) groups excluding carboxylic acids is 1. The lowest BCUT2D eigenvalue weighted by Gasteiger charge is -2.26. The minimum absolute atomic E-state index is 0.142. The first kappa shape index (κ1) is 16.8. The molecule has 0 aliphatic carbocycles. The molecule has 1 atom stereocenters. The maximum absolute atomic E-state index is 11.8. The van der Waals surface area contributed by atoms with Crippen LogP contribution in [0.5, 0.6) is 0 Å². The van der Waals surface area contributed by atoms with Crippen LogP contribution in [0.3, 0.4) is 0 Å².